The molecule has 4 nitrogen and oxygen atoms in total. The number of thioether (sulfide) groups is 1. The zero-order valence-corrected chi connectivity index (χ0v) is 9.27. The Morgan fingerprint density at radius 2 is 2.29 bits per heavy atom. The lowest BCUT2D eigenvalue weighted by molar-refractivity contribution is 0.322. The maximum atomic E-state index is 8.63. The minimum atomic E-state index is 0.204. The molecule has 0 saturated carbocycles. The maximum Gasteiger partial charge on any atom is 0.140 e. The first-order chi connectivity index (χ1) is 6.76. The maximum absolute atomic E-state index is 8.63. The third kappa shape index (κ3) is 3.51. The Balaban J connectivity index is 2.62. The van der Waals surface area contributed by atoms with Gasteiger partial charge < -0.3 is 10.4 Å². The fourth-order valence-electron chi connectivity index (χ4n) is 1.05. The van der Waals surface area contributed by atoms with Gasteiger partial charge in [0.1, 0.15) is 11.6 Å². The van der Waals surface area contributed by atoms with Gasteiger partial charge in [0.15, 0.2) is 0 Å². The number of nitrogens with zero attached hydrogens (tertiary/aromatic N) is 2. The zero-order valence-electron chi connectivity index (χ0n) is 8.45. The Labute approximate surface area is 88.2 Å². The second kappa shape index (κ2) is 5.82. The van der Waals surface area contributed by atoms with E-state index in [-0.39, 0.29) is 6.61 Å². The first-order valence-corrected chi connectivity index (χ1v) is 5.62. The van der Waals surface area contributed by atoms with Crippen LogP contribution in [0, 0.1) is 6.92 Å². The lowest BCUT2D eigenvalue weighted by Crippen LogP contribution is -2.01. The highest BCUT2D eigenvalue weighted by molar-refractivity contribution is 7.98. The van der Waals surface area contributed by atoms with Crippen LogP contribution in [0.4, 0.5) is 5.82 Å². The fraction of sp³-hybridized carbons (Fsp3) is 0.556. The van der Waals surface area contributed by atoms with Gasteiger partial charge in [-0.2, -0.15) is 11.8 Å². The van der Waals surface area contributed by atoms with Crippen LogP contribution in [0.2, 0.25) is 0 Å². The number of aromatic nitrogens is 2. The van der Waals surface area contributed by atoms with E-state index < -0.39 is 0 Å². The van der Waals surface area contributed by atoms with Gasteiger partial charge >= 0.3 is 0 Å². The summed E-state index contributed by atoms with van der Waals surface area (Å²) in [5.41, 5.74) is 0.962. The molecule has 14 heavy (non-hydrogen) atoms. The second-order valence-electron chi connectivity index (χ2n) is 2.84. The Morgan fingerprint density at radius 3 is 2.93 bits per heavy atom. The summed E-state index contributed by atoms with van der Waals surface area (Å²) >= 11 is 1.63. The van der Waals surface area contributed by atoms with Crippen molar-refractivity contribution in [1.29, 1.82) is 0 Å². The van der Waals surface area contributed by atoms with E-state index in [2.05, 4.69) is 15.3 Å². The molecule has 0 saturated heterocycles. The van der Waals surface area contributed by atoms with Crippen LogP contribution in [0.1, 0.15) is 11.5 Å². The molecule has 0 aliphatic carbocycles. The van der Waals surface area contributed by atoms with Crippen LogP contribution in [-0.4, -0.2) is 34.5 Å². The molecular formula is C9H15N3OS. The van der Waals surface area contributed by atoms with Crippen molar-refractivity contribution < 1.29 is 5.11 Å². The van der Waals surface area contributed by atoms with Crippen molar-refractivity contribution in [2.75, 3.05) is 24.7 Å². The van der Waals surface area contributed by atoms with Gasteiger partial charge in [-0.3, -0.25) is 0 Å². The van der Waals surface area contributed by atoms with E-state index in [1.807, 2.05) is 20.0 Å². The zero-order chi connectivity index (χ0) is 10.4. The number of nitrogens with one attached hydrogen (secondary N) is 1. The van der Waals surface area contributed by atoms with Crippen molar-refractivity contribution in [3.05, 3.63) is 17.6 Å². The molecule has 0 fully saturated rings. The third-order valence-corrected chi connectivity index (χ3v) is 2.56. The van der Waals surface area contributed by atoms with Crippen molar-refractivity contribution in [3.63, 3.8) is 0 Å². The van der Waals surface area contributed by atoms with Crippen LogP contribution >= 0.6 is 11.8 Å². The van der Waals surface area contributed by atoms with Crippen LogP contribution in [0.3, 0.4) is 0 Å². The van der Waals surface area contributed by atoms with Crippen molar-refractivity contribution in [2.45, 2.75) is 12.7 Å². The van der Waals surface area contributed by atoms with E-state index in [9.17, 15) is 0 Å². The second-order valence-corrected chi connectivity index (χ2v) is 3.94. The number of anilines is 1. The molecule has 0 aliphatic heterocycles. The van der Waals surface area contributed by atoms with E-state index in [0.29, 0.717) is 0 Å². The van der Waals surface area contributed by atoms with Gasteiger partial charge in [-0.1, -0.05) is 0 Å². The Kier molecular flexibility index (Phi) is 4.69. The molecule has 0 atom stereocenters. The van der Waals surface area contributed by atoms with Crippen molar-refractivity contribution >= 4 is 17.6 Å². The van der Waals surface area contributed by atoms with Gasteiger partial charge in [-0.05, 0) is 6.92 Å². The topological polar surface area (TPSA) is 58.0 Å². The monoisotopic (exact) mass is 213 g/mol. The van der Waals surface area contributed by atoms with Crippen LogP contribution in [0.25, 0.3) is 0 Å². The minimum absolute atomic E-state index is 0.204. The SMILES string of the molecule is CNc1cc(C)nc(CSCCO)n1. The Hall–Kier alpha value is -0.810. The largest absolute Gasteiger partial charge is 0.396 e. The van der Waals surface area contributed by atoms with E-state index in [0.717, 1.165) is 28.8 Å². The highest BCUT2D eigenvalue weighted by Crippen LogP contribution is 2.11. The number of hydrogen-bond acceptors (Lipinski definition) is 5. The van der Waals surface area contributed by atoms with E-state index in [1.54, 1.807) is 11.8 Å². The number of aliphatic hydroxyl groups is 1. The summed E-state index contributed by atoms with van der Waals surface area (Å²) < 4.78 is 0. The molecule has 1 rings (SSSR count). The van der Waals surface area contributed by atoms with Gasteiger partial charge in [-0.15, -0.1) is 0 Å². The molecule has 0 aromatic carbocycles. The first-order valence-electron chi connectivity index (χ1n) is 4.47. The third-order valence-electron chi connectivity index (χ3n) is 1.62. The van der Waals surface area contributed by atoms with Gasteiger partial charge in [0.05, 0.1) is 12.4 Å². The van der Waals surface area contributed by atoms with Crippen LogP contribution in [-0.2, 0) is 5.75 Å². The molecule has 0 unspecified atom stereocenters. The average Bonchev–Trinajstić information content (AvgIpc) is 2.17. The average molecular weight is 213 g/mol. The van der Waals surface area contributed by atoms with Gasteiger partial charge in [0, 0.05) is 24.6 Å². The molecule has 78 valence electrons. The highest BCUT2D eigenvalue weighted by Gasteiger charge is 2.00. The van der Waals surface area contributed by atoms with Crippen molar-refractivity contribution in [2.24, 2.45) is 0 Å². The van der Waals surface area contributed by atoms with Gasteiger partial charge in [-0.25, -0.2) is 9.97 Å². The van der Waals surface area contributed by atoms with Crippen molar-refractivity contribution in [1.82, 2.24) is 9.97 Å². The molecule has 1 heterocycles. The summed E-state index contributed by atoms with van der Waals surface area (Å²) in [7, 11) is 1.84. The molecule has 5 heteroatoms. The molecular weight excluding hydrogens is 198 g/mol. The fourth-order valence-corrected chi connectivity index (χ4v) is 1.64. The standard InChI is InChI=1S/C9H15N3OS/c1-7-5-8(10-2)12-9(11-7)6-14-4-3-13/h5,13H,3-4,6H2,1-2H3,(H,10,11,12). The predicted molar refractivity (Wildman–Crippen MR) is 59.6 cm³/mol. The molecule has 2 N–H and O–H groups in total. The lowest BCUT2D eigenvalue weighted by Gasteiger charge is -2.04. The number of rotatable bonds is 5. The number of aryl methyl sites for hydroxylation is 1. The molecule has 0 spiro atoms. The number of aliphatic hydroxyl groups excluding tert-OH is 1. The highest BCUT2D eigenvalue weighted by atomic mass is 32.2. The number of hydrogen-bond donors (Lipinski definition) is 2. The summed E-state index contributed by atoms with van der Waals surface area (Å²) in [6.07, 6.45) is 0. The van der Waals surface area contributed by atoms with Gasteiger partial charge in [0.2, 0.25) is 0 Å². The minimum Gasteiger partial charge on any atom is -0.396 e. The Morgan fingerprint density at radius 1 is 1.50 bits per heavy atom. The van der Waals surface area contributed by atoms with Crippen LogP contribution in [0.15, 0.2) is 6.07 Å². The smallest absolute Gasteiger partial charge is 0.140 e. The normalized spacial score (nSPS) is 10.2. The summed E-state index contributed by atoms with van der Waals surface area (Å²) in [6, 6.07) is 1.90. The molecule has 0 bridgehead atoms. The predicted octanol–water partition coefficient (Wildman–Crippen LogP) is 1.05. The summed E-state index contributed by atoms with van der Waals surface area (Å²) in [5, 5.41) is 11.6. The van der Waals surface area contributed by atoms with Crippen LogP contribution < -0.4 is 5.32 Å². The molecule has 1 aromatic rings. The molecule has 1 aromatic heterocycles. The molecule has 0 amide bonds. The molecule has 0 aliphatic rings. The summed E-state index contributed by atoms with van der Waals surface area (Å²) in [4.78, 5) is 8.60. The summed E-state index contributed by atoms with van der Waals surface area (Å²) in [5.74, 6) is 3.13. The lowest BCUT2D eigenvalue weighted by atomic mass is 10.4. The van der Waals surface area contributed by atoms with Crippen LogP contribution in [0.5, 0.6) is 0 Å². The van der Waals surface area contributed by atoms with Crippen molar-refractivity contribution in [3.8, 4) is 0 Å². The van der Waals surface area contributed by atoms with E-state index in [1.165, 1.54) is 0 Å². The molecule has 0 radical (unpaired) electrons. The van der Waals surface area contributed by atoms with E-state index >= 15 is 0 Å². The first kappa shape index (κ1) is 11.3. The van der Waals surface area contributed by atoms with Gasteiger partial charge in [0.25, 0.3) is 0 Å². The van der Waals surface area contributed by atoms with E-state index in [4.69, 9.17) is 5.11 Å². The quantitative estimate of drug-likeness (QED) is 0.716. The Bertz CT molecular complexity index is 293. The summed E-state index contributed by atoms with van der Waals surface area (Å²) in [6.45, 7) is 2.15.